The van der Waals surface area contributed by atoms with Crippen LogP contribution in [-0.2, 0) is 24.0 Å². The summed E-state index contributed by atoms with van der Waals surface area (Å²) in [6.45, 7) is 15.1. The maximum absolute atomic E-state index is 11.9. The number of alkyl halides is 2. The van der Waals surface area contributed by atoms with E-state index in [1.807, 2.05) is 45.0 Å². The number of thiocarbonyl (C=S) groups is 1. The summed E-state index contributed by atoms with van der Waals surface area (Å²) in [6.07, 6.45) is 5.80. The van der Waals surface area contributed by atoms with Crippen LogP contribution in [0, 0.1) is 0 Å². The van der Waals surface area contributed by atoms with Gasteiger partial charge in [-0.15, -0.1) is 23.2 Å². The molecular formula is C57H73Cl2N7O2S. The van der Waals surface area contributed by atoms with Gasteiger partial charge in [0, 0.05) is 53.8 Å². The summed E-state index contributed by atoms with van der Waals surface area (Å²) in [5, 5.41) is 16.6. The third-order valence-electron chi connectivity index (χ3n) is 11.3. The first-order chi connectivity index (χ1) is 32.2. The number of nitrogen functional groups attached to an aromatic ring is 1. The van der Waals surface area contributed by atoms with Crippen molar-refractivity contribution in [2.75, 3.05) is 57.3 Å². The standard InChI is InChI=1S/C21H26N2O2.C17H19N3S.C16H18N2.CH2Cl2.2CH4/c1-5-10-22-16-6-8-18-14(12-16)11-15-13-17(7-9-19(15)18)23-20(24)25-21(2,3)4;1-2-7-19-13-3-5-15-11(9-13)8-12-10-14(20-17(18)21)4-6-16(12)15;1-2-7-18-14-4-6-16-12(10-14)8-11-9-13(17)3-5-15(11)16;2-1-3;;/h6-9,12-13,22H,5,10-11H2,1-4H3,(H,23,24);3-6,9-10,19H,2,7-8H2,1H3,(H3,18,20,21);3-6,9-10,18H,2,7-8,17H2,1H3;1H2;2*1H4. The zero-order valence-corrected chi connectivity index (χ0v) is 41.9. The Morgan fingerprint density at radius 2 is 0.826 bits per heavy atom. The van der Waals surface area contributed by atoms with Gasteiger partial charge in [-0.05, 0) is 211 Å². The lowest BCUT2D eigenvalue weighted by Gasteiger charge is -2.19. The summed E-state index contributed by atoms with van der Waals surface area (Å²) in [7, 11) is 0. The Morgan fingerprint density at radius 3 is 1.14 bits per heavy atom. The van der Waals surface area contributed by atoms with Crippen molar-refractivity contribution in [3.05, 3.63) is 143 Å². The molecule has 9 N–H and O–H groups in total. The van der Waals surface area contributed by atoms with E-state index in [9.17, 15) is 4.79 Å². The second-order valence-electron chi connectivity index (χ2n) is 17.8. The van der Waals surface area contributed by atoms with Gasteiger partial charge in [-0.1, -0.05) is 72.0 Å². The number of fused-ring (bicyclic) bond motifs is 9. The smallest absolute Gasteiger partial charge is 0.412 e. The zero-order chi connectivity index (χ0) is 48.1. The van der Waals surface area contributed by atoms with E-state index in [4.69, 9.17) is 51.6 Å². The van der Waals surface area contributed by atoms with E-state index in [0.717, 1.165) is 75.2 Å². The van der Waals surface area contributed by atoms with Crippen molar-refractivity contribution >= 4 is 80.7 Å². The van der Waals surface area contributed by atoms with Crippen LogP contribution in [0.2, 0.25) is 0 Å². The molecule has 368 valence electrons. The van der Waals surface area contributed by atoms with Crippen LogP contribution in [-0.4, -0.2) is 41.8 Å². The molecule has 6 aromatic rings. The highest BCUT2D eigenvalue weighted by Gasteiger charge is 2.22. The number of hydrogen-bond acceptors (Lipinski definition) is 7. The van der Waals surface area contributed by atoms with Crippen LogP contribution >= 0.6 is 35.4 Å². The number of rotatable bonds is 11. The van der Waals surface area contributed by atoms with Crippen LogP contribution < -0.4 is 38.1 Å². The number of amides is 1. The van der Waals surface area contributed by atoms with Gasteiger partial charge in [-0.3, -0.25) is 5.32 Å². The van der Waals surface area contributed by atoms with E-state index < -0.39 is 11.7 Å². The highest BCUT2D eigenvalue weighted by molar-refractivity contribution is 7.80. The van der Waals surface area contributed by atoms with E-state index in [1.54, 1.807) is 0 Å². The molecule has 0 aliphatic heterocycles. The molecule has 0 saturated heterocycles. The predicted molar refractivity (Wildman–Crippen MR) is 305 cm³/mol. The summed E-state index contributed by atoms with van der Waals surface area (Å²) in [5.74, 6) is 0. The van der Waals surface area contributed by atoms with Crippen LogP contribution in [0.15, 0.2) is 109 Å². The Hall–Kier alpha value is -5.94. The van der Waals surface area contributed by atoms with E-state index >= 15 is 0 Å². The second-order valence-corrected chi connectivity index (χ2v) is 19.1. The highest BCUT2D eigenvalue weighted by atomic mass is 35.5. The third-order valence-corrected chi connectivity index (χ3v) is 11.4. The van der Waals surface area contributed by atoms with E-state index in [-0.39, 0.29) is 20.2 Å². The molecule has 9 nitrogen and oxygen atoms in total. The monoisotopic (exact) mass is 989 g/mol. The Kier molecular flexibility index (Phi) is 21.1. The van der Waals surface area contributed by atoms with Crippen LogP contribution in [0.4, 0.5) is 38.9 Å². The molecule has 9 rings (SSSR count). The average Bonchev–Trinajstić information content (AvgIpc) is 3.95. The number of hydrogen-bond donors (Lipinski definition) is 7. The molecule has 0 heterocycles. The molecule has 0 unspecified atom stereocenters. The second kappa shape index (κ2) is 26.2. The number of carbonyl (C=O) groups is 1. The molecule has 3 aliphatic carbocycles. The number of nitrogens with one attached hydrogen (secondary N) is 5. The summed E-state index contributed by atoms with van der Waals surface area (Å²) in [4.78, 5) is 11.9. The van der Waals surface area contributed by atoms with Gasteiger partial charge in [0.1, 0.15) is 5.60 Å². The topological polar surface area (TPSA) is 138 Å². The van der Waals surface area contributed by atoms with Gasteiger partial charge in [0.05, 0.1) is 5.34 Å². The number of anilines is 6. The SMILES string of the molecule is C.C.CCCNc1ccc2c(c1)Cc1cc(N)ccc1-2.CCCNc1ccc2c(c1)Cc1cc(NC(=O)OC(C)(C)C)ccc1-2.CCCNc1ccc2c(c1)Cc1cc(NC(N)=S)ccc1-2.ClCCl. The van der Waals surface area contributed by atoms with Gasteiger partial charge < -0.3 is 37.5 Å². The Morgan fingerprint density at radius 1 is 0.536 bits per heavy atom. The Balaban J connectivity index is 0.000000218. The molecule has 0 aromatic heterocycles. The molecule has 12 heteroatoms. The van der Waals surface area contributed by atoms with Crippen molar-refractivity contribution in [3.63, 3.8) is 0 Å². The molecular weight excluding hydrogens is 918 g/mol. The van der Waals surface area contributed by atoms with Crippen molar-refractivity contribution in [1.82, 2.24) is 0 Å². The van der Waals surface area contributed by atoms with Crippen LogP contribution in [0.25, 0.3) is 33.4 Å². The lowest BCUT2D eigenvalue weighted by Crippen LogP contribution is -2.27. The molecule has 0 bridgehead atoms. The maximum Gasteiger partial charge on any atom is 0.412 e. The van der Waals surface area contributed by atoms with Crippen LogP contribution in [0.1, 0.15) is 109 Å². The first-order valence-corrected chi connectivity index (χ1v) is 24.6. The third kappa shape index (κ3) is 15.3. The fraction of sp³-hybridized carbons (Fsp3) is 0.333. The molecule has 0 spiro atoms. The van der Waals surface area contributed by atoms with Gasteiger partial charge in [-0.25, -0.2) is 4.79 Å². The number of carbonyl (C=O) groups excluding carboxylic acids is 1. The molecule has 3 aliphatic rings. The minimum Gasteiger partial charge on any atom is -0.444 e. The summed E-state index contributed by atoms with van der Waals surface area (Å²) in [5.41, 5.74) is 32.9. The van der Waals surface area contributed by atoms with Crippen molar-refractivity contribution < 1.29 is 9.53 Å². The van der Waals surface area contributed by atoms with Crippen molar-refractivity contribution in [2.45, 2.75) is 101 Å². The summed E-state index contributed by atoms with van der Waals surface area (Å²) in [6, 6.07) is 38.4. The van der Waals surface area contributed by atoms with Crippen molar-refractivity contribution in [3.8, 4) is 33.4 Å². The van der Waals surface area contributed by atoms with Gasteiger partial charge in [0.25, 0.3) is 0 Å². The normalized spacial score (nSPS) is 11.4. The van der Waals surface area contributed by atoms with Gasteiger partial charge >= 0.3 is 6.09 Å². The molecule has 0 radical (unpaired) electrons. The predicted octanol–water partition coefficient (Wildman–Crippen LogP) is 15.5. The minimum absolute atomic E-state index is 0. The number of halogens is 2. The summed E-state index contributed by atoms with van der Waals surface area (Å²) < 4.78 is 5.32. The first-order valence-electron chi connectivity index (χ1n) is 23.2. The minimum atomic E-state index is -0.501. The van der Waals surface area contributed by atoms with E-state index in [1.165, 1.54) is 83.8 Å². The molecule has 0 fully saturated rings. The molecule has 1 amide bonds. The highest BCUT2D eigenvalue weighted by Crippen LogP contribution is 2.41. The van der Waals surface area contributed by atoms with Crippen LogP contribution in [0.3, 0.4) is 0 Å². The molecule has 69 heavy (non-hydrogen) atoms. The van der Waals surface area contributed by atoms with Gasteiger partial charge in [-0.2, -0.15) is 0 Å². The van der Waals surface area contributed by atoms with E-state index in [0.29, 0.717) is 5.11 Å². The summed E-state index contributed by atoms with van der Waals surface area (Å²) >= 11 is 14.4. The zero-order valence-electron chi connectivity index (χ0n) is 39.6. The van der Waals surface area contributed by atoms with Crippen molar-refractivity contribution in [2.24, 2.45) is 5.73 Å². The van der Waals surface area contributed by atoms with E-state index in [2.05, 4.69) is 132 Å². The van der Waals surface area contributed by atoms with Gasteiger partial charge in [0.2, 0.25) is 0 Å². The number of benzene rings is 6. The quantitative estimate of drug-likeness (QED) is 0.0384. The Labute approximate surface area is 427 Å². The van der Waals surface area contributed by atoms with Gasteiger partial charge in [0.15, 0.2) is 5.11 Å². The Bertz CT molecular complexity index is 2680. The van der Waals surface area contributed by atoms with Crippen LogP contribution in [0.5, 0.6) is 0 Å². The first kappa shape index (κ1) is 55.7. The fourth-order valence-corrected chi connectivity index (χ4v) is 8.63. The fourth-order valence-electron chi connectivity index (χ4n) is 8.51. The molecule has 6 aromatic carbocycles. The lowest BCUT2D eigenvalue weighted by molar-refractivity contribution is 0.0636. The largest absolute Gasteiger partial charge is 0.444 e. The van der Waals surface area contributed by atoms with Crippen molar-refractivity contribution in [1.29, 1.82) is 0 Å². The average molecular weight is 991 g/mol. The molecule has 0 saturated carbocycles. The maximum atomic E-state index is 11.9. The molecule has 0 atom stereocenters. The lowest BCUT2D eigenvalue weighted by atomic mass is 10.1. The number of ether oxygens (including phenoxy) is 1. The number of nitrogens with two attached hydrogens (primary N) is 2.